The molecule has 2 aromatic heterocycles. The molecule has 0 aliphatic carbocycles. The highest BCUT2D eigenvalue weighted by molar-refractivity contribution is 7.09. The number of benzene rings is 1. The number of alkyl halides is 2. The van der Waals surface area contributed by atoms with Crippen LogP contribution in [0.1, 0.15) is 37.0 Å². The standard InChI is InChI=1S/C21H19F2NO4S/c1-13-9-18(14(2)24(13)11-17-7-4-8-29-17)19(25)12-27-20(26)15-5-3-6-16(10-15)28-21(22)23/h3-10,21H,11-12H2,1-2H3. The highest BCUT2D eigenvalue weighted by atomic mass is 32.1. The number of Topliss-reactive ketones (excluding diaryl/α,β-unsaturated/α-hetero) is 1. The summed E-state index contributed by atoms with van der Waals surface area (Å²) >= 11 is 1.64. The molecule has 1 aromatic carbocycles. The summed E-state index contributed by atoms with van der Waals surface area (Å²) in [7, 11) is 0. The number of aryl methyl sites for hydroxylation is 1. The van der Waals surface area contributed by atoms with Gasteiger partial charge in [0.15, 0.2) is 6.61 Å². The van der Waals surface area contributed by atoms with Gasteiger partial charge in [0.2, 0.25) is 5.78 Å². The second-order valence-corrected chi connectivity index (χ2v) is 7.39. The van der Waals surface area contributed by atoms with Crippen LogP contribution in [0.2, 0.25) is 0 Å². The van der Waals surface area contributed by atoms with Gasteiger partial charge in [0.1, 0.15) is 5.75 Å². The van der Waals surface area contributed by atoms with Gasteiger partial charge in [-0.15, -0.1) is 11.3 Å². The van der Waals surface area contributed by atoms with Crippen LogP contribution in [0.4, 0.5) is 8.78 Å². The fraction of sp³-hybridized carbons (Fsp3) is 0.238. The molecule has 0 radical (unpaired) electrons. The number of aromatic nitrogens is 1. The first kappa shape index (κ1) is 20.7. The number of hydrogen-bond donors (Lipinski definition) is 0. The fourth-order valence-corrected chi connectivity index (χ4v) is 3.67. The summed E-state index contributed by atoms with van der Waals surface area (Å²) in [6.07, 6.45) is 0. The molecule has 8 heteroatoms. The zero-order valence-corrected chi connectivity index (χ0v) is 16.7. The summed E-state index contributed by atoms with van der Waals surface area (Å²) in [5, 5.41) is 2.00. The second kappa shape index (κ2) is 9.00. The lowest BCUT2D eigenvalue weighted by Crippen LogP contribution is -2.15. The molecule has 0 saturated heterocycles. The zero-order chi connectivity index (χ0) is 21.0. The van der Waals surface area contributed by atoms with Crippen molar-refractivity contribution < 1.29 is 27.8 Å². The van der Waals surface area contributed by atoms with Gasteiger partial charge in [-0.25, -0.2) is 4.79 Å². The lowest BCUT2D eigenvalue weighted by atomic mass is 10.1. The minimum atomic E-state index is -2.99. The fourth-order valence-electron chi connectivity index (χ4n) is 2.98. The third-order valence-electron chi connectivity index (χ3n) is 4.40. The van der Waals surface area contributed by atoms with Crippen LogP contribution in [-0.2, 0) is 11.3 Å². The number of esters is 1. The molecular weight excluding hydrogens is 400 g/mol. The Bertz CT molecular complexity index is 1010. The minimum absolute atomic E-state index is 0.0270. The van der Waals surface area contributed by atoms with Crippen molar-refractivity contribution in [3.05, 3.63) is 75.2 Å². The van der Waals surface area contributed by atoms with Crippen LogP contribution >= 0.6 is 11.3 Å². The average molecular weight is 419 g/mol. The summed E-state index contributed by atoms with van der Waals surface area (Å²) in [6.45, 7) is 0.993. The van der Waals surface area contributed by atoms with Gasteiger partial charge in [0, 0.05) is 21.8 Å². The monoisotopic (exact) mass is 419 g/mol. The minimum Gasteiger partial charge on any atom is -0.454 e. The Morgan fingerprint density at radius 1 is 1.14 bits per heavy atom. The van der Waals surface area contributed by atoms with Crippen LogP contribution in [0.5, 0.6) is 5.75 Å². The lowest BCUT2D eigenvalue weighted by Gasteiger charge is -2.09. The zero-order valence-electron chi connectivity index (χ0n) is 15.9. The molecule has 3 aromatic rings. The van der Waals surface area contributed by atoms with E-state index >= 15 is 0 Å². The van der Waals surface area contributed by atoms with Crippen molar-refractivity contribution in [2.45, 2.75) is 27.0 Å². The van der Waals surface area contributed by atoms with E-state index in [4.69, 9.17) is 4.74 Å². The quantitative estimate of drug-likeness (QED) is 0.387. The summed E-state index contributed by atoms with van der Waals surface area (Å²) in [5.74, 6) is -1.27. The summed E-state index contributed by atoms with van der Waals surface area (Å²) in [4.78, 5) is 25.9. The van der Waals surface area contributed by atoms with Crippen molar-refractivity contribution in [2.24, 2.45) is 0 Å². The van der Waals surface area contributed by atoms with Crippen molar-refractivity contribution in [3.63, 3.8) is 0 Å². The van der Waals surface area contributed by atoms with Crippen molar-refractivity contribution in [2.75, 3.05) is 6.61 Å². The molecule has 0 fully saturated rings. The Morgan fingerprint density at radius 3 is 2.62 bits per heavy atom. The Labute approximate surface area is 170 Å². The maximum Gasteiger partial charge on any atom is 0.387 e. The van der Waals surface area contributed by atoms with E-state index in [1.54, 1.807) is 17.4 Å². The molecule has 0 spiro atoms. The van der Waals surface area contributed by atoms with Crippen molar-refractivity contribution >= 4 is 23.1 Å². The molecule has 0 amide bonds. The van der Waals surface area contributed by atoms with Crippen LogP contribution in [0.15, 0.2) is 47.8 Å². The molecule has 0 bridgehead atoms. The first-order valence-electron chi connectivity index (χ1n) is 8.79. The van der Waals surface area contributed by atoms with Crippen molar-refractivity contribution in [1.82, 2.24) is 4.57 Å². The lowest BCUT2D eigenvalue weighted by molar-refractivity contribution is -0.0499. The number of hydrogen-bond acceptors (Lipinski definition) is 5. The number of halogens is 2. The number of carbonyl (C=O) groups is 2. The van der Waals surface area contributed by atoms with Gasteiger partial charge in [-0.1, -0.05) is 12.1 Å². The highest BCUT2D eigenvalue weighted by Crippen LogP contribution is 2.20. The van der Waals surface area contributed by atoms with E-state index in [1.807, 2.05) is 35.9 Å². The third kappa shape index (κ3) is 5.08. The number of carbonyl (C=O) groups excluding carboxylic acids is 2. The molecule has 152 valence electrons. The van der Waals surface area contributed by atoms with Crippen LogP contribution in [-0.4, -0.2) is 29.5 Å². The Hall–Kier alpha value is -3.00. The van der Waals surface area contributed by atoms with Crippen molar-refractivity contribution in [3.8, 4) is 5.75 Å². The molecule has 0 aliphatic heterocycles. The third-order valence-corrected chi connectivity index (χ3v) is 5.26. The SMILES string of the molecule is Cc1cc(C(=O)COC(=O)c2cccc(OC(F)F)c2)c(C)n1Cc1cccs1. The molecule has 2 heterocycles. The highest BCUT2D eigenvalue weighted by Gasteiger charge is 2.18. The number of rotatable bonds is 8. The van der Waals surface area contributed by atoms with E-state index in [1.165, 1.54) is 23.1 Å². The Kier molecular flexibility index (Phi) is 6.43. The first-order chi connectivity index (χ1) is 13.8. The van der Waals surface area contributed by atoms with E-state index in [2.05, 4.69) is 4.74 Å². The van der Waals surface area contributed by atoms with Gasteiger partial charge in [0.25, 0.3) is 0 Å². The Balaban J connectivity index is 1.66. The van der Waals surface area contributed by atoms with Gasteiger partial charge in [-0.2, -0.15) is 8.78 Å². The largest absolute Gasteiger partial charge is 0.454 e. The van der Waals surface area contributed by atoms with Crippen LogP contribution in [0.3, 0.4) is 0 Å². The Morgan fingerprint density at radius 2 is 1.93 bits per heavy atom. The maximum absolute atomic E-state index is 12.6. The van der Waals surface area contributed by atoms with Crippen LogP contribution in [0, 0.1) is 13.8 Å². The second-order valence-electron chi connectivity index (χ2n) is 6.36. The normalized spacial score (nSPS) is 10.9. The summed E-state index contributed by atoms with van der Waals surface area (Å²) in [6, 6.07) is 11.0. The first-order valence-corrected chi connectivity index (χ1v) is 9.67. The number of ketones is 1. The number of nitrogens with zero attached hydrogens (tertiary/aromatic N) is 1. The van der Waals surface area contributed by atoms with Crippen LogP contribution in [0.25, 0.3) is 0 Å². The molecule has 5 nitrogen and oxygen atoms in total. The van der Waals surface area contributed by atoms with E-state index in [-0.39, 0.29) is 17.1 Å². The number of thiophene rings is 1. The maximum atomic E-state index is 12.6. The molecule has 0 saturated carbocycles. The molecule has 0 N–H and O–H groups in total. The van der Waals surface area contributed by atoms with Gasteiger partial charge in [-0.3, -0.25) is 4.79 Å². The van der Waals surface area contributed by atoms with Gasteiger partial charge < -0.3 is 14.0 Å². The molecule has 0 atom stereocenters. The van der Waals surface area contributed by atoms with Crippen molar-refractivity contribution in [1.29, 1.82) is 0 Å². The molecule has 0 unspecified atom stereocenters. The predicted molar refractivity (Wildman–Crippen MR) is 105 cm³/mol. The van der Waals surface area contributed by atoms with E-state index in [0.717, 1.165) is 17.5 Å². The van der Waals surface area contributed by atoms with E-state index in [9.17, 15) is 18.4 Å². The topological polar surface area (TPSA) is 57.5 Å². The van der Waals surface area contributed by atoms with Gasteiger partial charge in [-0.05, 0) is 49.6 Å². The molecule has 0 aliphatic rings. The van der Waals surface area contributed by atoms with Crippen LogP contribution < -0.4 is 4.74 Å². The van der Waals surface area contributed by atoms with E-state index < -0.39 is 19.2 Å². The smallest absolute Gasteiger partial charge is 0.387 e. The number of ether oxygens (including phenoxy) is 2. The average Bonchev–Trinajstić information content (AvgIpc) is 3.29. The summed E-state index contributed by atoms with van der Waals surface area (Å²) < 4.78 is 36.0. The van der Waals surface area contributed by atoms with Gasteiger partial charge >= 0.3 is 12.6 Å². The molecular formula is C21H19F2NO4S. The molecule has 29 heavy (non-hydrogen) atoms. The molecule has 3 rings (SSSR count). The predicted octanol–water partition coefficient (Wildman–Crippen LogP) is 4.86. The van der Waals surface area contributed by atoms with E-state index in [0.29, 0.717) is 12.1 Å². The summed E-state index contributed by atoms with van der Waals surface area (Å²) in [5.41, 5.74) is 2.24. The van der Waals surface area contributed by atoms with Gasteiger partial charge in [0.05, 0.1) is 12.1 Å².